The molecule has 14 aromatic rings. The van der Waals surface area contributed by atoms with Crippen molar-refractivity contribution in [1.29, 1.82) is 0 Å². The first-order valence-corrected chi connectivity index (χ1v) is 22.0. The van der Waals surface area contributed by atoms with Crippen LogP contribution in [0.4, 0.5) is 0 Å². The second-order valence-corrected chi connectivity index (χ2v) is 17.0. The van der Waals surface area contributed by atoms with Crippen LogP contribution in [0.5, 0.6) is 0 Å². The van der Waals surface area contributed by atoms with Gasteiger partial charge in [-0.05, 0) is 102 Å². The Morgan fingerprint density at radius 3 is 0.812 bits per heavy atom. The van der Waals surface area contributed by atoms with Gasteiger partial charge in [-0.25, -0.2) is 0 Å². The average Bonchev–Trinajstić information content (AvgIpc) is 4.09. The maximum absolute atomic E-state index is 2.46. The molecule has 0 spiro atoms. The van der Waals surface area contributed by atoms with Gasteiger partial charge in [-0.1, -0.05) is 140 Å². The monoisotopic (exact) mass is 814 g/mol. The zero-order chi connectivity index (χ0) is 41.9. The highest BCUT2D eigenvalue weighted by Gasteiger charge is 2.20. The largest absolute Gasteiger partial charge is 0.309 e. The number of para-hydroxylation sites is 6. The van der Waals surface area contributed by atoms with Crippen LogP contribution in [-0.4, -0.2) is 18.3 Å². The lowest BCUT2D eigenvalue weighted by molar-refractivity contribution is 1.13. The summed E-state index contributed by atoms with van der Waals surface area (Å²) in [6.45, 7) is 0. The maximum Gasteiger partial charge on any atom is 0.0542 e. The lowest BCUT2D eigenvalue weighted by atomic mass is 10.0. The molecule has 0 N–H and O–H groups in total. The maximum atomic E-state index is 2.46. The molecule has 0 radical (unpaired) electrons. The standard InChI is InChI=1S/C60H38N4/c1-2-16-39(17-3-1)40-34-43(63-57-28-14-8-22-49(57)51-37-41(30-32-59(51)63)61-53-24-10-4-18-45(53)46-19-5-11-25-54(46)61)36-44(35-40)64-58-29-15-9-23-50(58)52-38-42(31-33-60(52)64)62-55-26-12-6-20-47(55)48-21-7-13-27-56(48)62/h1-38H. The van der Waals surface area contributed by atoms with Gasteiger partial charge in [0.05, 0.1) is 44.1 Å². The molecule has 0 bridgehead atoms. The number of rotatable bonds is 5. The zero-order valence-corrected chi connectivity index (χ0v) is 34.7. The van der Waals surface area contributed by atoms with Crippen molar-refractivity contribution in [2.45, 2.75) is 0 Å². The molecule has 4 nitrogen and oxygen atoms in total. The molecule has 4 aromatic heterocycles. The van der Waals surface area contributed by atoms with Crippen LogP contribution in [-0.2, 0) is 0 Å². The average molecular weight is 815 g/mol. The van der Waals surface area contributed by atoms with Gasteiger partial charge in [0.15, 0.2) is 0 Å². The van der Waals surface area contributed by atoms with E-state index in [2.05, 4.69) is 249 Å². The molecule has 298 valence electrons. The van der Waals surface area contributed by atoms with Gasteiger partial charge < -0.3 is 18.3 Å². The number of fused-ring (bicyclic) bond motifs is 12. The van der Waals surface area contributed by atoms with E-state index in [9.17, 15) is 0 Å². The molecule has 0 atom stereocenters. The lowest BCUT2D eigenvalue weighted by Gasteiger charge is -2.16. The van der Waals surface area contributed by atoms with Crippen LogP contribution in [0.2, 0.25) is 0 Å². The molecule has 0 aliphatic rings. The summed E-state index contributed by atoms with van der Waals surface area (Å²) in [7, 11) is 0. The first kappa shape index (κ1) is 35.0. The van der Waals surface area contributed by atoms with Crippen molar-refractivity contribution in [1.82, 2.24) is 18.3 Å². The van der Waals surface area contributed by atoms with Crippen molar-refractivity contribution >= 4 is 87.2 Å². The molecule has 4 heterocycles. The van der Waals surface area contributed by atoms with E-state index in [4.69, 9.17) is 0 Å². The summed E-state index contributed by atoms with van der Waals surface area (Å²) in [5, 5.41) is 9.94. The third kappa shape index (κ3) is 4.99. The molecular formula is C60H38N4. The molecule has 0 unspecified atom stereocenters. The van der Waals surface area contributed by atoms with E-state index in [-0.39, 0.29) is 0 Å². The molecule has 4 heteroatoms. The second-order valence-electron chi connectivity index (χ2n) is 17.0. The summed E-state index contributed by atoms with van der Waals surface area (Å²) in [5.74, 6) is 0. The smallest absolute Gasteiger partial charge is 0.0542 e. The van der Waals surface area contributed by atoms with Crippen LogP contribution in [0, 0.1) is 0 Å². The van der Waals surface area contributed by atoms with Crippen molar-refractivity contribution in [3.63, 3.8) is 0 Å². The number of benzene rings is 10. The van der Waals surface area contributed by atoms with Gasteiger partial charge in [0.25, 0.3) is 0 Å². The Labute approximate surface area is 368 Å². The van der Waals surface area contributed by atoms with Crippen LogP contribution >= 0.6 is 0 Å². The lowest BCUT2D eigenvalue weighted by Crippen LogP contribution is -2.00. The Balaban J connectivity index is 1.01. The fraction of sp³-hybridized carbons (Fsp3) is 0. The van der Waals surface area contributed by atoms with Crippen molar-refractivity contribution in [2.24, 2.45) is 0 Å². The molecule has 10 aromatic carbocycles. The minimum atomic E-state index is 1.11. The first-order valence-electron chi connectivity index (χ1n) is 22.0. The van der Waals surface area contributed by atoms with E-state index in [1.54, 1.807) is 0 Å². The highest BCUT2D eigenvalue weighted by atomic mass is 15.0. The number of nitrogens with zero attached hydrogens (tertiary/aromatic N) is 4. The Morgan fingerprint density at radius 1 is 0.172 bits per heavy atom. The summed E-state index contributed by atoms with van der Waals surface area (Å²) in [6, 6.07) is 84.6. The van der Waals surface area contributed by atoms with Gasteiger partial charge in [-0.2, -0.15) is 0 Å². The van der Waals surface area contributed by atoms with E-state index < -0.39 is 0 Å². The van der Waals surface area contributed by atoms with E-state index in [1.165, 1.54) is 92.8 Å². The summed E-state index contributed by atoms with van der Waals surface area (Å²) >= 11 is 0. The van der Waals surface area contributed by atoms with Gasteiger partial charge in [-0.15, -0.1) is 0 Å². The van der Waals surface area contributed by atoms with Gasteiger partial charge in [0.2, 0.25) is 0 Å². The van der Waals surface area contributed by atoms with Crippen LogP contribution in [0.25, 0.3) is 121 Å². The third-order valence-electron chi connectivity index (χ3n) is 13.5. The zero-order valence-electron chi connectivity index (χ0n) is 34.7. The predicted octanol–water partition coefficient (Wildman–Crippen LogP) is 15.7. The van der Waals surface area contributed by atoms with Crippen molar-refractivity contribution in [3.05, 3.63) is 231 Å². The summed E-state index contributed by atoms with van der Waals surface area (Å²) < 4.78 is 9.76. The quantitative estimate of drug-likeness (QED) is 0.165. The van der Waals surface area contributed by atoms with Gasteiger partial charge in [0, 0.05) is 65.8 Å². The number of hydrogen-bond donors (Lipinski definition) is 0. The van der Waals surface area contributed by atoms with Crippen LogP contribution in [0.1, 0.15) is 0 Å². The van der Waals surface area contributed by atoms with Gasteiger partial charge in [-0.3, -0.25) is 0 Å². The fourth-order valence-corrected chi connectivity index (χ4v) is 10.8. The molecule has 14 rings (SSSR count). The Hall–Kier alpha value is -8.60. The Bertz CT molecular complexity index is 3840. The topological polar surface area (TPSA) is 19.7 Å². The molecular weight excluding hydrogens is 777 g/mol. The Morgan fingerprint density at radius 2 is 0.453 bits per heavy atom. The van der Waals surface area contributed by atoms with Crippen molar-refractivity contribution in [2.75, 3.05) is 0 Å². The van der Waals surface area contributed by atoms with Crippen molar-refractivity contribution < 1.29 is 0 Å². The van der Waals surface area contributed by atoms with Crippen molar-refractivity contribution in [3.8, 4) is 33.9 Å². The molecule has 64 heavy (non-hydrogen) atoms. The second kappa shape index (κ2) is 13.4. The summed E-state index contributed by atoms with van der Waals surface area (Å²) in [5.41, 5.74) is 16.4. The molecule has 0 fully saturated rings. The van der Waals surface area contributed by atoms with E-state index in [1.807, 2.05) is 0 Å². The molecule has 0 saturated heterocycles. The molecule has 0 aliphatic heterocycles. The molecule has 0 amide bonds. The SMILES string of the molecule is c1ccc(-c2cc(-n3c4ccccc4c4cc(-n5c6ccccc6c6ccccc65)ccc43)cc(-n3c4ccccc4c4cc(-n5c6ccccc6c6ccccc65)ccc43)c2)cc1. The number of aromatic nitrogens is 4. The minimum absolute atomic E-state index is 1.11. The van der Waals surface area contributed by atoms with Crippen LogP contribution < -0.4 is 0 Å². The fourth-order valence-electron chi connectivity index (χ4n) is 10.8. The third-order valence-corrected chi connectivity index (χ3v) is 13.5. The summed E-state index contributed by atoms with van der Waals surface area (Å²) in [6.07, 6.45) is 0. The number of hydrogen-bond acceptors (Lipinski definition) is 0. The molecule has 0 aliphatic carbocycles. The normalized spacial score (nSPS) is 12.1. The highest BCUT2D eigenvalue weighted by Crippen LogP contribution is 2.41. The van der Waals surface area contributed by atoms with E-state index >= 15 is 0 Å². The predicted molar refractivity (Wildman–Crippen MR) is 269 cm³/mol. The van der Waals surface area contributed by atoms with Crippen LogP contribution in [0.3, 0.4) is 0 Å². The molecule has 0 saturated carbocycles. The van der Waals surface area contributed by atoms with E-state index in [0.717, 1.165) is 28.3 Å². The van der Waals surface area contributed by atoms with Crippen LogP contribution in [0.15, 0.2) is 231 Å². The summed E-state index contributed by atoms with van der Waals surface area (Å²) in [4.78, 5) is 0. The van der Waals surface area contributed by atoms with E-state index in [0.29, 0.717) is 0 Å². The van der Waals surface area contributed by atoms with Gasteiger partial charge in [0.1, 0.15) is 0 Å². The highest BCUT2D eigenvalue weighted by molar-refractivity contribution is 6.14. The van der Waals surface area contributed by atoms with Gasteiger partial charge >= 0.3 is 0 Å². The Kier molecular flexibility index (Phi) is 7.36. The minimum Gasteiger partial charge on any atom is -0.309 e. The first-order chi connectivity index (χ1) is 31.8.